The summed E-state index contributed by atoms with van der Waals surface area (Å²) in [5.41, 5.74) is -1.10. The van der Waals surface area contributed by atoms with E-state index in [4.69, 9.17) is 11.6 Å². The summed E-state index contributed by atoms with van der Waals surface area (Å²) in [6.07, 6.45) is -4.34. The molecule has 0 saturated carbocycles. The Morgan fingerprint density at radius 2 is 1.90 bits per heavy atom. The summed E-state index contributed by atoms with van der Waals surface area (Å²) in [7, 11) is -3.01. The van der Waals surface area contributed by atoms with Gasteiger partial charge in [-0.15, -0.1) is 0 Å². The Morgan fingerprint density at radius 1 is 1.20 bits per heavy atom. The van der Waals surface area contributed by atoms with Crippen LogP contribution < -0.4 is 0 Å². The van der Waals surface area contributed by atoms with Gasteiger partial charge in [-0.25, -0.2) is 17.4 Å². The van der Waals surface area contributed by atoms with Crippen molar-refractivity contribution in [3.05, 3.63) is 58.9 Å². The Kier molecular flexibility index (Phi) is 6.09. The van der Waals surface area contributed by atoms with E-state index in [2.05, 4.69) is 9.72 Å². The predicted octanol–water partition coefficient (Wildman–Crippen LogP) is 4.44. The maximum atomic E-state index is 13.3. The minimum atomic E-state index is -4.68. The molecule has 0 atom stereocenters. The third kappa shape index (κ3) is 4.29. The first-order valence-electron chi connectivity index (χ1n) is 8.71. The number of methoxy groups -OCH3 is 1. The topological polar surface area (TPSA) is 78.3 Å². The van der Waals surface area contributed by atoms with Crippen LogP contribution in [0.3, 0.4) is 0 Å². The Morgan fingerprint density at radius 3 is 2.53 bits per heavy atom. The first-order valence-corrected chi connectivity index (χ1v) is 10.5. The first-order chi connectivity index (χ1) is 14.1. The molecule has 0 saturated heterocycles. The van der Waals surface area contributed by atoms with Gasteiger partial charge in [0.1, 0.15) is 10.6 Å². The number of hydrogen-bond acceptors (Lipinski definition) is 5. The number of carbonyl (C=O) groups excluding carboxylic acids is 1. The minimum absolute atomic E-state index is 0.0176. The molecule has 0 N–H and O–H groups in total. The van der Waals surface area contributed by atoms with Crippen LogP contribution in [0.15, 0.2) is 47.4 Å². The van der Waals surface area contributed by atoms with E-state index in [1.807, 2.05) is 0 Å². The van der Waals surface area contributed by atoms with Gasteiger partial charge in [-0.1, -0.05) is 23.7 Å². The van der Waals surface area contributed by atoms with Crippen molar-refractivity contribution >= 4 is 38.6 Å². The van der Waals surface area contributed by atoms with Crippen LogP contribution in [-0.2, 0) is 32.2 Å². The number of benzene rings is 1. The smallest absolute Gasteiger partial charge is 0.433 e. The van der Waals surface area contributed by atoms with Gasteiger partial charge in [0.2, 0.25) is 0 Å². The van der Waals surface area contributed by atoms with Gasteiger partial charge in [0.15, 0.2) is 0 Å². The summed E-state index contributed by atoms with van der Waals surface area (Å²) in [5.74, 6) is -0.482. The lowest BCUT2D eigenvalue weighted by Crippen LogP contribution is -2.16. The van der Waals surface area contributed by atoms with Crippen LogP contribution in [0, 0.1) is 0 Å². The van der Waals surface area contributed by atoms with Crippen LogP contribution in [0.1, 0.15) is 24.2 Å². The largest absolute Gasteiger partial charge is 0.469 e. The number of halogens is 4. The molecule has 2 heterocycles. The number of nitrogens with zero attached hydrogens (tertiary/aromatic N) is 2. The second-order valence-corrected chi connectivity index (χ2v) is 8.53. The average molecular weight is 461 g/mol. The van der Waals surface area contributed by atoms with Gasteiger partial charge >= 0.3 is 12.1 Å². The van der Waals surface area contributed by atoms with Gasteiger partial charge in [-0.2, -0.15) is 13.2 Å². The van der Waals surface area contributed by atoms with E-state index >= 15 is 0 Å². The number of aromatic nitrogens is 2. The molecule has 0 spiro atoms. The third-order valence-corrected chi connectivity index (χ3v) is 6.64. The molecule has 0 radical (unpaired) electrons. The Hall–Kier alpha value is -2.59. The maximum absolute atomic E-state index is 13.3. The summed E-state index contributed by atoms with van der Waals surface area (Å²) in [4.78, 5) is 14.8. The Labute approximate surface area is 175 Å². The van der Waals surface area contributed by atoms with Crippen molar-refractivity contribution in [3.63, 3.8) is 0 Å². The molecule has 0 fully saturated rings. The molecule has 3 rings (SSSR count). The van der Waals surface area contributed by atoms with Crippen molar-refractivity contribution in [2.75, 3.05) is 7.11 Å². The molecule has 0 aliphatic heterocycles. The lowest BCUT2D eigenvalue weighted by atomic mass is 10.2. The molecule has 0 unspecified atom stereocenters. The standard InChI is InChI=1S/C19H16ClF3N2O4S/c1-29-18(26)8-4-5-12-11-14-15(9-10-17(24-14)19(21,22)23)25(12)30(27,28)16-7-3-2-6-13(16)20/h2-3,6-7,9-11H,4-5,8H2,1H3. The molecule has 30 heavy (non-hydrogen) atoms. The van der Waals surface area contributed by atoms with E-state index in [9.17, 15) is 26.4 Å². The molecule has 2 aromatic heterocycles. The van der Waals surface area contributed by atoms with E-state index in [0.29, 0.717) is 0 Å². The zero-order valence-electron chi connectivity index (χ0n) is 15.6. The monoisotopic (exact) mass is 460 g/mol. The van der Waals surface area contributed by atoms with Crippen molar-refractivity contribution in [2.45, 2.75) is 30.3 Å². The lowest BCUT2D eigenvalue weighted by molar-refractivity contribution is -0.141. The molecule has 3 aromatic rings. The van der Waals surface area contributed by atoms with Crippen LogP contribution >= 0.6 is 11.6 Å². The molecular formula is C19H16ClF3N2O4S. The molecule has 160 valence electrons. The highest BCUT2D eigenvalue weighted by atomic mass is 35.5. The normalized spacial score (nSPS) is 12.3. The van der Waals surface area contributed by atoms with Crippen molar-refractivity contribution in [1.82, 2.24) is 8.96 Å². The second-order valence-electron chi connectivity index (χ2n) is 6.36. The highest BCUT2D eigenvalue weighted by molar-refractivity contribution is 7.90. The predicted molar refractivity (Wildman–Crippen MR) is 104 cm³/mol. The first kappa shape index (κ1) is 22.1. The number of ether oxygens (including phenoxy) is 1. The van der Waals surface area contributed by atoms with E-state index in [1.54, 1.807) is 6.07 Å². The van der Waals surface area contributed by atoms with Crippen molar-refractivity contribution in [3.8, 4) is 0 Å². The van der Waals surface area contributed by atoms with Crippen LogP contribution in [0.4, 0.5) is 13.2 Å². The zero-order valence-corrected chi connectivity index (χ0v) is 17.2. The Bertz CT molecular complexity index is 1210. The third-order valence-electron chi connectivity index (χ3n) is 4.37. The highest BCUT2D eigenvalue weighted by Gasteiger charge is 2.33. The molecule has 0 bridgehead atoms. The lowest BCUT2D eigenvalue weighted by Gasteiger charge is -2.13. The van der Waals surface area contributed by atoms with E-state index < -0.39 is 27.9 Å². The fourth-order valence-electron chi connectivity index (χ4n) is 3.00. The number of hydrogen-bond donors (Lipinski definition) is 0. The van der Waals surface area contributed by atoms with E-state index in [0.717, 1.165) is 16.1 Å². The second kappa shape index (κ2) is 8.27. The van der Waals surface area contributed by atoms with Gasteiger partial charge in [0, 0.05) is 12.1 Å². The van der Waals surface area contributed by atoms with E-state index in [1.165, 1.54) is 31.4 Å². The molecule has 11 heteroatoms. The summed E-state index contributed by atoms with van der Waals surface area (Å²) < 4.78 is 71.3. The van der Waals surface area contributed by atoms with Crippen LogP contribution in [0.25, 0.3) is 11.0 Å². The van der Waals surface area contributed by atoms with Gasteiger partial charge < -0.3 is 4.74 Å². The van der Waals surface area contributed by atoms with Crippen LogP contribution in [0.5, 0.6) is 0 Å². The molecular weight excluding hydrogens is 445 g/mol. The van der Waals surface area contributed by atoms with Crippen molar-refractivity contribution in [2.24, 2.45) is 0 Å². The summed E-state index contributed by atoms with van der Waals surface area (Å²) in [6, 6.07) is 8.81. The quantitative estimate of drug-likeness (QED) is 0.508. The molecule has 1 aromatic carbocycles. The van der Waals surface area contributed by atoms with Crippen LogP contribution in [0.2, 0.25) is 5.02 Å². The van der Waals surface area contributed by atoms with Crippen molar-refractivity contribution in [1.29, 1.82) is 0 Å². The number of rotatable bonds is 6. The SMILES string of the molecule is COC(=O)CCCc1cc2nc(C(F)(F)F)ccc2n1S(=O)(=O)c1ccccc1Cl. The number of fused-ring (bicyclic) bond motifs is 1. The minimum Gasteiger partial charge on any atom is -0.469 e. The van der Waals surface area contributed by atoms with Gasteiger partial charge in [0.05, 0.1) is 23.2 Å². The molecule has 6 nitrogen and oxygen atoms in total. The van der Waals surface area contributed by atoms with Gasteiger partial charge in [-0.05, 0) is 43.2 Å². The fraction of sp³-hybridized carbons (Fsp3) is 0.263. The number of pyridine rings is 1. The van der Waals surface area contributed by atoms with Crippen LogP contribution in [-0.4, -0.2) is 30.5 Å². The van der Waals surface area contributed by atoms with E-state index in [-0.39, 0.29) is 45.9 Å². The average Bonchev–Trinajstić information content (AvgIpc) is 3.05. The summed E-state index contributed by atoms with van der Waals surface area (Å²) >= 11 is 6.06. The fourth-order valence-corrected chi connectivity index (χ4v) is 5.06. The highest BCUT2D eigenvalue weighted by Crippen LogP contribution is 2.33. The van der Waals surface area contributed by atoms with Gasteiger partial charge in [-0.3, -0.25) is 4.79 Å². The number of esters is 1. The zero-order chi connectivity index (χ0) is 22.1. The van der Waals surface area contributed by atoms with Crippen molar-refractivity contribution < 1.29 is 31.1 Å². The van der Waals surface area contributed by atoms with Gasteiger partial charge in [0.25, 0.3) is 10.0 Å². The summed E-state index contributed by atoms with van der Waals surface area (Å²) in [5, 5.41) is -0.0280. The number of aryl methyl sites for hydroxylation is 1. The molecule has 0 aliphatic rings. The molecule has 0 amide bonds. The summed E-state index contributed by atoms with van der Waals surface area (Å²) in [6.45, 7) is 0. The number of carbonyl (C=O) groups is 1. The Balaban J connectivity index is 2.17. The maximum Gasteiger partial charge on any atom is 0.433 e. The molecule has 0 aliphatic carbocycles. The number of alkyl halides is 3.